The van der Waals surface area contributed by atoms with Gasteiger partial charge in [-0.3, -0.25) is 9.55 Å². The maximum Gasteiger partial charge on any atom is 0.101 e. The summed E-state index contributed by atoms with van der Waals surface area (Å²) in [4.78, 5) is 8.86. The quantitative estimate of drug-likeness (QED) is 0.555. The maximum absolute atomic E-state index is 9.37. The first-order chi connectivity index (χ1) is 11.8. The fourth-order valence-corrected chi connectivity index (χ4v) is 2.97. The second-order valence-electron chi connectivity index (χ2n) is 5.61. The van der Waals surface area contributed by atoms with E-state index in [0.29, 0.717) is 5.56 Å². The number of benzene rings is 2. The molecule has 24 heavy (non-hydrogen) atoms. The Morgan fingerprint density at radius 1 is 1.00 bits per heavy atom. The lowest BCUT2D eigenvalue weighted by atomic mass is 10.0. The number of nitriles is 1. The van der Waals surface area contributed by atoms with Crippen LogP contribution in [-0.2, 0) is 0 Å². The average Bonchev–Trinajstić information content (AvgIpc) is 3.06. The Kier molecular flexibility index (Phi) is 3.33. The van der Waals surface area contributed by atoms with Gasteiger partial charge >= 0.3 is 0 Å². The highest BCUT2D eigenvalue weighted by atomic mass is 15.1. The first kappa shape index (κ1) is 14.2. The highest BCUT2D eigenvalue weighted by Gasteiger charge is 2.13. The van der Waals surface area contributed by atoms with Crippen LogP contribution in [0.15, 0.2) is 67.3 Å². The predicted molar refractivity (Wildman–Crippen MR) is 93.8 cm³/mol. The Hall–Kier alpha value is -3.45. The van der Waals surface area contributed by atoms with Crippen LogP contribution in [0.2, 0.25) is 0 Å². The van der Waals surface area contributed by atoms with Gasteiger partial charge in [0.25, 0.3) is 0 Å². The number of hydrogen-bond acceptors (Lipinski definition) is 3. The molecule has 2 aromatic heterocycles. The zero-order valence-corrected chi connectivity index (χ0v) is 13.1. The summed E-state index contributed by atoms with van der Waals surface area (Å²) in [7, 11) is 0. The largest absolute Gasteiger partial charge is 0.297 e. The summed E-state index contributed by atoms with van der Waals surface area (Å²) in [6.45, 7) is 2.07. The van der Waals surface area contributed by atoms with Crippen LogP contribution in [0.25, 0.3) is 27.8 Å². The first-order valence-electron chi connectivity index (χ1n) is 7.66. The van der Waals surface area contributed by atoms with Crippen LogP contribution in [0.4, 0.5) is 0 Å². The zero-order chi connectivity index (χ0) is 16.5. The molecule has 0 aliphatic carbocycles. The number of pyridine rings is 1. The van der Waals surface area contributed by atoms with Gasteiger partial charge in [0.15, 0.2) is 0 Å². The van der Waals surface area contributed by atoms with Crippen LogP contribution in [0.3, 0.4) is 0 Å². The maximum atomic E-state index is 9.37. The topological polar surface area (TPSA) is 54.5 Å². The van der Waals surface area contributed by atoms with Crippen LogP contribution in [0.5, 0.6) is 0 Å². The van der Waals surface area contributed by atoms with Crippen molar-refractivity contribution >= 4 is 11.0 Å². The molecule has 0 aliphatic heterocycles. The molecule has 0 atom stereocenters. The standard InChI is InChI=1S/C20H14N4/c1-14-9-10-22-12-17(14)16-6-4-8-19-20(16)23-13-24(19)18-7-3-2-5-15(18)11-21/h2-10,12-13H,1H3. The van der Waals surface area contributed by atoms with Crippen molar-refractivity contribution in [2.45, 2.75) is 6.92 Å². The number of hydrogen-bond donors (Lipinski definition) is 0. The van der Waals surface area contributed by atoms with Crippen molar-refractivity contribution in [3.8, 4) is 22.9 Å². The molecule has 2 aromatic carbocycles. The van der Waals surface area contributed by atoms with E-state index >= 15 is 0 Å². The Morgan fingerprint density at radius 2 is 1.88 bits per heavy atom. The van der Waals surface area contributed by atoms with Crippen LogP contribution in [0, 0.1) is 18.3 Å². The van der Waals surface area contributed by atoms with E-state index in [1.165, 1.54) is 0 Å². The number of rotatable bonds is 2. The molecule has 2 heterocycles. The molecule has 114 valence electrons. The molecule has 0 fully saturated rings. The third kappa shape index (κ3) is 2.15. The van der Waals surface area contributed by atoms with Gasteiger partial charge < -0.3 is 0 Å². The van der Waals surface area contributed by atoms with E-state index in [4.69, 9.17) is 0 Å². The van der Waals surface area contributed by atoms with Gasteiger partial charge in [-0.15, -0.1) is 0 Å². The van der Waals surface area contributed by atoms with Crippen LogP contribution in [0.1, 0.15) is 11.1 Å². The summed E-state index contributed by atoms with van der Waals surface area (Å²) in [5, 5.41) is 9.37. The van der Waals surface area contributed by atoms with E-state index in [-0.39, 0.29) is 0 Å². The van der Waals surface area contributed by atoms with Gasteiger partial charge in [-0.1, -0.05) is 24.3 Å². The fourth-order valence-electron chi connectivity index (χ4n) is 2.97. The molecule has 4 nitrogen and oxygen atoms in total. The van der Waals surface area contributed by atoms with Gasteiger partial charge in [-0.25, -0.2) is 4.98 Å². The van der Waals surface area contributed by atoms with Crippen molar-refractivity contribution in [3.05, 3.63) is 78.4 Å². The molecule has 0 saturated heterocycles. The molecule has 4 heteroatoms. The van der Waals surface area contributed by atoms with Crippen LogP contribution >= 0.6 is 0 Å². The monoisotopic (exact) mass is 310 g/mol. The highest BCUT2D eigenvalue weighted by molar-refractivity contribution is 5.93. The molecule has 0 radical (unpaired) electrons. The molecule has 0 spiro atoms. The molecule has 0 N–H and O–H groups in total. The second-order valence-corrected chi connectivity index (χ2v) is 5.61. The van der Waals surface area contributed by atoms with E-state index in [2.05, 4.69) is 29.0 Å². The number of aryl methyl sites for hydroxylation is 1. The molecule has 0 bridgehead atoms. The molecular formula is C20H14N4. The van der Waals surface area contributed by atoms with Gasteiger partial charge in [0.2, 0.25) is 0 Å². The lowest BCUT2D eigenvalue weighted by molar-refractivity contribution is 1.08. The lowest BCUT2D eigenvalue weighted by Crippen LogP contribution is -1.95. The number of imidazole rings is 1. The molecule has 4 aromatic rings. The Labute approximate surface area is 139 Å². The minimum Gasteiger partial charge on any atom is -0.297 e. The predicted octanol–water partition coefficient (Wildman–Crippen LogP) is 4.27. The van der Waals surface area contributed by atoms with Crippen molar-refractivity contribution < 1.29 is 0 Å². The summed E-state index contributed by atoms with van der Waals surface area (Å²) in [5.41, 5.74) is 6.61. The Balaban J connectivity index is 1.99. The third-order valence-electron chi connectivity index (χ3n) is 4.19. The van der Waals surface area contributed by atoms with E-state index in [1.807, 2.05) is 53.2 Å². The van der Waals surface area contributed by atoms with Gasteiger partial charge in [0.1, 0.15) is 12.4 Å². The van der Waals surface area contributed by atoms with E-state index in [0.717, 1.165) is 33.4 Å². The molecule has 0 amide bonds. The lowest BCUT2D eigenvalue weighted by Gasteiger charge is -2.08. The van der Waals surface area contributed by atoms with Crippen molar-refractivity contribution in [1.29, 1.82) is 5.26 Å². The van der Waals surface area contributed by atoms with E-state index < -0.39 is 0 Å². The van der Waals surface area contributed by atoms with Crippen molar-refractivity contribution in [1.82, 2.24) is 14.5 Å². The minimum atomic E-state index is 0.625. The zero-order valence-electron chi connectivity index (χ0n) is 13.1. The van der Waals surface area contributed by atoms with E-state index in [9.17, 15) is 5.26 Å². The van der Waals surface area contributed by atoms with E-state index in [1.54, 1.807) is 12.5 Å². The highest BCUT2D eigenvalue weighted by Crippen LogP contribution is 2.31. The van der Waals surface area contributed by atoms with Gasteiger partial charge in [-0.05, 0) is 36.8 Å². The summed E-state index contributed by atoms with van der Waals surface area (Å²) in [5.74, 6) is 0. The first-order valence-corrected chi connectivity index (χ1v) is 7.66. The number of aromatic nitrogens is 3. The summed E-state index contributed by atoms with van der Waals surface area (Å²) >= 11 is 0. The molecule has 4 rings (SSSR count). The van der Waals surface area contributed by atoms with Crippen molar-refractivity contribution in [2.24, 2.45) is 0 Å². The Morgan fingerprint density at radius 3 is 2.71 bits per heavy atom. The molecule has 0 unspecified atom stereocenters. The summed E-state index contributed by atoms with van der Waals surface area (Å²) in [6, 6.07) is 17.9. The summed E-state index contributed by atoms with van der Waals surface area (Å²) in [6.07, 6.45) is 5.43. The van der Waals surface area contributed by atoms with Crippen LogP contribution < -0.4 is 0 Å². The minimum absolute atomic E-state index is 0.625. The summed E-state index contributed by atoms with van der Waals surface area (Å²) < 4.78 is 1.96. The SMILES string of the molecule is Cc1ccncc1-c1cccc2c1ncn2-c1ccccc1C#N. The van der Waals surface area contributed by atoms with Gasteiger partial charge in [-0.2, -0.15) is 5.26 Å². The van der Waals surface area contributed by atoms with Crippen molar-refractivity contribution in [2.75, 3.05) is 0 Å². The van der Waals surface area contributed by atoms with Crippen LogP contribution in [-0.4, -0.2) is 14.5 Å². The molecule has 0 saturated carbocycles. The fraction of sp³-hybridized carbons (Fsp3) is 0.0500. The van der Waals surface area contributed by atoms with Gasteiger partial charge in [0, 0.05) is 23.5 Å². The number of para-hydroxylation sites is 2. The average molecular weight is 310 g/mol. The number of fused-ring (bicyclic) bond motifs is 1. The number of nitrogens with zero attached hydrogens (tertiary/aromatic N) is 4. The Bertz CT molecular complexity index is 1090. The molecular weight excluding hydrogens is 296 g/mol. The second kappa shape index (κ2) is 5.64. The molecule has 0 aliphatic rings. The van der Waals surface area contributed by atoms with Gasteiger partial charge in [0.05, 0.1) is 22.3 Å². The smallest absolute Gasteiger partial charge is 0.101 e. The normalized spacial score (nSPS) is 10.7. The van der Waals surface area contributed by atoms with Crippen molar-refractivity contribution in [3.63, 3.8) is 0 Å². The third-order valence-corrected chi connectivity index (χ3v) is 4.19.